The molecule has 3 atom stereocenters. The molecule has 1 saturated heterocycles. The number of aromatic nitrogens is 1. The molecule has 1 aliphatic heterocycles. The van der Waals surface area contributed by atoms with Crippen molar-refractivity contribution in [3.63, 3.8) is 0 Å². The van der Waals surface area contributed by atoms with E-state index in [0.717, 1.165) is 18.8 Å². The molecule has 0 aliphatic carbocycles. The second-order valence-electron chi connectivity index (χ2n) is 6.22. The molecule has 0 spiro atoms. The summed E-state index contributed by atoms with van der Waals surface area (Å²) in [5.74, 6) is -0.570. The van der Waals surface area contributed by atoms with E-state index in [4.69, 9.17) is 0 Å². The van der Waals surface area contributed by atoms with Gasteiger partial charge in [-0.3, -0.25) is 4.98 Å². The average Bonchev–Trinajstić information content (AvgIpc) is 2.50. The summed E-state index contributed by atoms with van der Waals surface area (Å²) in [6.07, 6.45) is 1.24. The molecule has 0 bridgehead atoms. The Kier molecular flexibility index (Phi) is 3.74. The van der Waals surface area contributed by atoms with Crippen LogP contribution < -0.4 is 4.90 Å². The number of carboxylic acid groups (broad SMARTS) is 1. The van der Waals surface area contributed by atoms with Crippen molar-refractivity contribution >= 4 is 22.6 Å². The number of benzene rings is 1. The van der Waals surface area contributed by atoms with E-state index < -0.39 is 5.97 Å². The number of fused-ring (bicyclic) bond motifs is 1. The van der Waals surface area contributed by atoms with Crippen molar-refractivity contribution in [3.8, 4) is 0 Å². The van der Waals surface area contributed by atoms with Gasteiger partial charge in [0, 0.05) is 30.4 Å². The third-order valence-corrected chi connectivity index (χ3v) is 4.50. The van der Waals surface area contributed by atoms with Gasteiger partial charge in [0.1, 0.15) is 0 Å². The third kappa shape index (κ3) is 2.52. The van der Waals surface area contributed by atoms with E-state index in [1.165, 1.54) is 12.3 Å². The van der Waals surface area contributed by atoms with E-state index in [0.29, 0.717) is 10.9 Å². The topological polar surface area (TPSA) is 73.7 Å². The number of hydrogen-bond acceptors (Lipinski definition) is 4. The Morgan fingerprint density at radius 2 is 1.91 bits per heavy atom. The van der Waals surface area contributed by atoms with Gasteiger partial charge < -0.3 is 15.1 Å². The van der Waals surface area contributed by atoms with Crippen LogP contribution in [-0.4, -0.2) is 40.4 Å². The van der Waals surface area contributed by atoms with Crippen LogP contribution in [0.5, 0.6) is 0 Å². The summed E-state index contributed by atoms with van der Waals surface area (Å²) >= 11 is 0. The van der Waals surface area contributed by atoms with Gasteiger partial charge in [0.15, 0.2) is 0 Å². The maximum atomic E-state index is 11.4. The highest BCUT2D eigenvalue weighted by Gasteiger charge is 2.30. The molecule has 0 amide bonds. The summed E-state index contributed by atoms with van der Waals surface area (Å²) in [5.41, 5.74) is 1.93. The Morgan fingerprint density at radius 3 is 2.55 bits per heavy atom. The van der Waals surface area contributed by atoms with Crippen LogP contribution in [0.1, 0.15) is 24.2 Å². The van der Waals surface area contributed by atoms with Gasteiger partial charge in [0.2, 0.25) is 0 Å². The predicted octanol–water partition coefficient (Wildman–Crippen LogP) is 2.39. The highest BCUT2D eigenvalue weighted by molar-refractivity contribution is 6.03. The number of piperidine rings is 1. The lowest BCUT2D eigenvalue weighted by molar-refractivity contribution is 0.0530. The first-order valence-corrected chi connectivity index (χ1v) is 7.52. The van der Waals surface area contributed by atoms with E-state index in [1.807, 2.05) is 32.0 Å². The molecule has 2 heterocycles. The zero-order chi connectivity index (χ0) is 15.9. The zero-order valence-electron chi connectivity index (χ0n) is 12.7. The summed E-state index contributed by atoms with van der Waals surface area (Å²) in [6.45, 7) is 5.61. The van der Waals surface area contributed by atoms with Gasteiger partial charge in [-0.15, -0.1) is 0 Å². The molecule has 2 aromatic rings. The minimum absolute atomic E-state index is 0.187. The quantitative estimate of drug-likeness (QED) is 0.891. The standard InChI is InChI=1S/C17H20N2O3/c1-10-8-19(9-11(2)16(10)20)12-3-4-15-14(7-12)13(17(21)22)5-6-18-15/h3-7,10-11,16,20H,8-9H2,1-2H3,(H,21,22)/t10-,11+,16?. The maximum absolute atomic E-state index is 11.4. The van der Waals surface area contributed by atoms with Crippen molar-refractivity contribution < 1.29 is 15.0 Å². The van der Waals surface area contributed by atoms with Gasteiger partial charge in [0.05, 0.1) is 17.2 Å². The SMILES string of the molecule is C[C@@H]1CN(c2ccc3nccc(C(=O)O)c3c2)C[C@H](C)C1O. The maximum Gasteiger partial charge on any atom is 0.336 e. The van der Waals surface area contributed by atoms with Crippen LogP contribution in [0.2, 0.25) is 0 Å². The number of carboxylic acids is 1. The van der Waals surface area contributed by atoms with Crippen molar-refractivity contribution in [1.82, 2.24) is 4.98 Å². The lowest BCUT2D eigenvalue weighted by Crippen LogP contribution is -2.47. The van der Waals surface area contributed by atoms with Crippen molar-refractivity contribution in [2.45, 2.75) is 20.0 Å². The van der Waals surface area contributed by atoms with Crippen molar-refractivity contribution in [1.29, 1.82) is 0 Å². The van der Waals surface area contributed by atoms with Crippen molar-refractivity contribution in [2.75, 3.05) is 18.0 Å². The Bertz CT molecular complexity index is 704. The molecule has 22 heavy (non-hydrogen) atoms. The molecule has 5 nitrogen and oxygen atoms in total. The Hall–Kier alpha value is -2.14. The molecular formula is C17H20N2O3. The number of aromatic carboxylic acids is 1. The lowest BCUT2D eigenvalue weighted by atomic mass is 9.88. The summed E-state index contributed by atoms with van der Waals surface area (Å²) in [7, 11) is 0. The molecule has 116 valence electrons. The summed E-state index contributed by atoms with van der Waals surface area (Å²) in [4.78, 5) is 17.8. The van der Waals surface area contributed by atoms with Crippen LogP contribution in [0.3, 0.4) is 0 Å². The summed E-state index contributed by atoms with van der Waals surface area (Å²) in [5, 5.41) is 20.1. The minimum Gasteiger partial charge on any atom is -0.478 e. The molecule has 1 unspecified atom stereocenters. The second-order valence-corrected chi connectivity index (χ2v) is 6.22. The average molecular weight is 300 g/mol. The summed E-state index contributed by atoms with van der Waals surface area (Å²) in [6, 6.07) is 7.25. The zero-order valence-corrected chi connectivity index (χ0v) is 12.7. The number of carbonyl (C=O) groups is 1. The van der Waals surface area contributed by atoms with Gasteiger partial charge in [-0.1, -0.05) is 13.8 Å². The van der Waals surface area contributed by atoms with Crippen LogP contribution in [0.25, 0.3) is 10.9 Å². The van der Waals surface area contributed by atoms with Crippen LogP contribution in [0.15, 0.2) is 30.5 Å². The summed E-state index contributed by atoms with van der Waals surface area (Å²) < 4.78 is 0. The molecule has 2 N–H and O–H groups in total. The molecule has 5 heteroatoms. The number of nitrogens with zero attached hydrogens (tertiary/aromatic N) is 2. The molecular weight excluding hydrogens is 280 g/mol. The van der Waals surface area contributed by atoms with Gasteiger partial charge in [-0.2, -0.15) is 0 Å². The number of rotatable bonds is 2. The molecule has 0 radical (unpaired) electrons. The van der Waals surface area contributed by atoms with E-state index in [-0.39, 0.29) is 23.5 Å². The first kappa shape index (κ1) is 14.8. The Balaban J connectivity index is 2.01. The fourth-order valence-corrected chi connectivity index (χ4v) is 3.27. The van der Waals surface area contributed by atoms with E-state index in [1.54, 1.807) is 0 Å². The number of hydrogen-bond donors (Lipinski definition) is 2. The Labute approximate surface area is 129 Å². The largest absolute Gasteiger partial charge is 0.478 e. The molecule has 0 saturated carbocycles. The number of aliphatic hydroxyl groups excluding tert-OH is 1. The second kappa shape index (κ2) is 5.57. The monoisotopic (exact) mass is 300 g/mol. The molecule has 1 aromatic carbocycles. The fraction of sp³-hybridized carbons (Fsp3) is 0.412. The van der Waals surface area contributed by atoms with E-state index >= 15 is 0 Å². The van der Waals surface area contributed by atoms with Gasteiger partial charge in [-0.05, 0) is 36.1 Å². The minimum atomic E-state index is -0.944. The van der Waals surface area contributed by atoms with Crippen molar-refractivity contribution in [2.24, 2.45) is 11.8 Å². The highest BCUT2D eigenvalue weighted by atomic mass is 16.4. The molecule has 1 aromatic heterocycles. The van der Waals surface area contributed by atoms with E-state index in [2.05, 4.69) is 9.88 Å². The lowest BCUT2D eigenvalue weighted by Gasteiger charge is -2.40. The van der Waals surface area contributed by atoms with Gasteiger partial charge >= 0.3 is 5.97 Å². The molecule has 3 rings (SSSR count). The third-order valence-electron chi connectivity index (χ3n) is 4.50. The first-order valence-electron chi connectivity index (χ1n) is 7.52. The fourth-order valence-electron chi connectivity index (χ4n) is 3.27. The van der Waals surface area contributed by atoms with Crippen LogP contribution in [0.4, 0.5) is 5.69 Å². The van der Waals surface area contributed by atoms with Gasteiger partial charge in [0.25, 0.3) is 0 Å². The first-order chi connectivity index (χ1) is 10.5. The normalized spacial score (nSPS) is 25.4. The highest BCUT2D eigenvalue weighted by Crippen LogP contribution is 2.29. The van der Waals surface area contributed by atoms with Crippen LogP contribution in [-0.2, 0) is 0 Å². The number of aliphatic hydroxyl groups is 1. The number of anilines is 1. The predicted molar refractivity (Wildman–Crippen MR) is 85.3 cm³/mol. The molecule has 1 fully saturated rings. The van der Waals surface area contributed by atoms with Crippen LogP contribution in [0, 0.1) is 11.8 Å². The Morgan fingerprint density at radius 1 is 1.23 bits per heavy atom. The molecule has 1 aliphatic rings. The number of pyridine rings is 1. The van der Waals surface area contributed by atoms with Gasteiger partial charge in [-0.25, -0.2) is 4.79 Å². The van der Waals surface area contributed by atoms with Crippen molar-refractivity contribution in [3.05, 3.63) is 36.0 Å². The smallest absolute Gasteiger partial charge is 0.336 e. The van der Waals surface area contributed by atoms with Crippen LogP contribution >= 0.6 is 0 Å². The van der Waals surface area contributed by atoms with E-state index in [9.17, 15) is 15.0 Å².